The first-order valence-corrected chi connectivity index (χ1v) is 8.86. The van der Waals surface area contributed by atoms with Crippen molar-refractivity contribution in [2.45, 2.75) is 59.0 Å². The lowest BCUT2D eigenvalue weighted by atomic mass is 10.5. The second-order valence-electron chi connectivity index (χ2n) is 4.13. The normalized spacial score (nSPS) is 12.5. The summed E-state index contributed by atoms with van der Waals surface area (Å²) in [5.41, 5.74) is 0. The molecule has 96 valence electrons. The van der Waals surface area contributed by atoms with Crippen molar-refractivity contribution in [3.63, 3.8) is 0 Å². The third kappa shape index (κ3) is 6.46. The van der Waals surface area contributed by atoms with Gasteiger partial charge in [-0.2, -0.15) is 0 Å². The van der Waals surface area contributed by atoms with E-state index in [1.165, 1.54) is 0 Å². The van der Waals surface area contributed by atoms with Crippen LogP contribution in [-0.2, 0) is 8.85 Å². The van der Waals surface area contributed by atoms with E-state index in [0.29, 0.717) is 0 Å². The van der Waals surface area contributed by atoms with Crippen molar-refractivity contribution < 1.29 is 8.85 Å². The van der Waals surface area contributed by atoms with Crippen LogP contribution in [0.3, 0.4) is 0 Å². The van der Waals surface area contributed by atoms with Crippen LogP contribution >= 0.6 is 0 Å². The van der Waals surface area contributed by atoms with Crippen molar-refractivity contribution in [1.29, 1.82) is 0 Å². The van der Waals surface area contributed by atoms with Crippen molar-refractivity contribution in [2.75, 3.05) is 13.2 Å². The predicted octanol–water partition coefficient (Wildman–Crippen LogP) is 4.27. The summed E-state index contributed by atoms with van der Waals surface area (Å²) in [6.45, 7) is 10.3. The monoisotopic (exact) mass is 244 g/mol. The van der Waals surface area contributed by atoms with Crippen molar-refractivity contribution >= 4 is 8.56 Å². The zero-order chi connectivity index (χ0) is 12.3. The Bertz CT molecular complexity index is 173. The number of hydrogen-bond donors (Lipinski definition) is 0. The fourth-order valence-electron chi connectivity index (χ4n) is 1.66. The molecule has 0 unspecified atom stereocenters. The zero-order valence-corrected chi connectivity index (χ0v) is 12.4. The highest BCUT2D eigenvalue weighted by Crippen LogP contribution is 2.22. The van der Waals surface area contributed by atoms with Gasteiger partial charge in [-0.05, 0) is 25.8 Å². The number of rotatable bonds is 10. The van der Waals surface area contributed by atoms with E-state index >= 15 is 0 Å². The lowest BCUT2D eigenvalue weighted by Crippen LogP contribution is -2.42. The first kappa shape index (κ1) is 15.9. The molecule has 0 saturated heterocycles. The average molecular weight is 244 g/mol. The Morgan fingerprint density at radius 2 is 1.50 bits per heavy atom. The maximum absolute atomic E-state index is 6.09. The number of hydrogen-bond acceptors (Lipinski definition) is 2. The first-order chi connectivity index (χ1) is 7.74. The van der Waals surface area contributed by atoms with Crippen molar-refractivity contribution in [1.82, 2.24) is 0 Å². The third-order valence-corrected chi connectivity index (χ3v) is 6.01. The summed E-state index contributed by atoms with van der Waals surface area (Å²) in [5, 5.41) is 0. The molecule has 2 nitrogen and oxygen atoms in total. The van der Waals surface area contributed by atoms with Gasteiger partial charge in [0.1, 0.15) is 0 Å². The Labute approximate surface area is 102 Å². The molecule has 16 heavy (non-hydrogen) atoms. The van der Waals surface area contributed by atoms with Crippen molar-refractivity contribution in [3.05, 3.63) is 12.2 Å². The summed E-state index contributed by atoms with van der Waals surface area (Å²) in [7, 11) is -1.95. The highest BCUT2D eigenvalue weighted by Gasteiger charge is 2.34. The molecule has 0 rings (SSSR count). The minimum absolute atomic E-state index is 0.841. The van der Waals surface area contributed by atoms with E-state index in [0.717, 1.165) is 44.6 Å². The van der Waals surface area contributed by atoms with Gasteiger partial charge in [0.2, 0.25) is 0 Å². The Morgan fingerprint density at radius 1 is 0.938 bits per heavy atom. The van der Waals surface area contributed by atoms with Crippen molar-refractivity contribution in [3.8, 4) is 0 Å². The second-order valence-corrected chi connectivity index (χ2v) is 7.44. The molecule has 0 amide bonds. The lowest BCUT2D eigenvalue weighted by Gasteiger charge is -2.29. The molecule has 0 N–H and O–H groups in total. The highest BCUT2D eigenvalue weighted by molar-refractivity contribution is 6.67. The quantitative estimate of drug-likeness (QED) is 0.422. The minimum Gasteiger partial charge on any atom is -0.394 e. The molecule has 0 spiro atoms. The molecular formula is C13H28O2Si. The maximum atomic E-state index is 6.09. The topological polar surface area (TPSA) is 18.5 Å². The smallest absolute Gasteiger partial charge is 0.342 e. The fourth-order valence-corrected chi connectivity index (χ4v) is 4.98. The Hall–Kier alpha value is -0.123. The van der Waals surface area contributed by atoms with Crippen LogP contribution in [0.4, 0.5) is 0 Å². The van der Waals surface area contributed by atoms with E-state index in [1.807, 2.05) is 0 Å². The van der Waals surface area contributed by atoms with Gasteiger partial charge in [0.15, 0.2) is 0 Å². The van der Waals surface area contributed by atoms with Gasteiger partial charge in [0.05, 0.1) is 0 Å². The van der Waals surface area contributed by atoms with Crippen LogP contribution in [0.25, 0.3) is 0 Å². The molecule has 0 fully saturated rings. The van der Waals surface area contributed by atoms with Crippen LogP contribution in [0.15, 0.2) is 12.2 Å². The van der Waals surface area contributed by atoms with Crippen LogP contribution < -0.4 is 0 Å². The van der Waals surface area contributed by atoms with Gasteiger partial charge in [-0.1, -0.05) is 39.3 Å². The summed E-state index contributed by atoms with van der Waals surface area (Å²) in [6, 6.07) is 2.11. The molecule has 0 aliphatic heterocycles. The van der Waals surface area contributed by atoms with Gasteiger partial charge in [-0.25, -0.2) is 0 Å². The highest BCUT2D eigenvalue weighted by atomic mass is 28.4. The van der Waals surface area contributed by atoms with E-state index in [1.54, 1.807) is 0 Å². The van der Waals surface area contributed by atoms with Gasteiger partial charge in [-0.15, -0.1) is 0 Å². The van der Waals surface area contributed by atoms with Gasteiger partial charge in [-0.3, -0.25) is 0 Å². The van der Waals surface area contributed by atoms with Crippen LogP contribution in [-0.4, -0.2) is 21.8 Å². The van der Waals surface area contributed by atoms with E-state index in [2.05, 4.69) is 39.8 Å². The Morgan fingerprint density at radius 3 is 1.88 bits per heavy atom. The summed E-state index contributed by atoms with van der Waals surface area (Å²) in [6.07, 6.45) is 7.60. The molecule has 0 heterocycles. The molecule has 0 bridgehead atoms. The average Bonchev–Trinajstić information content (AvgIpc) is 2.31. The summed E-state index contributed by atoms with van der Waals surface area (Å²) < 4.78 is 12.2. The first-order valence-electron chi connectivity index (χ1n) is 6.63. The molecule has 0 aromatic heterocycles. The summed E-state index contributed by atoms with van der Waals surface area (Å²) in [5.74, 6) is 0. The standard InChI is InChI=1S/C13H28O2Si/c1-5-9-13-16(12-8-4,14-10-6-2)15-11-7-3/h5,9H,6-8,10-13H2,1-4H3. The molecular weight excluding hydrogens is 216 g/mol. The van der Waals surface area contributed by atoms with Gasteiger partial charge in [0.25, 0.3) is 0 Å². The molecule has 0 aliphatic carbocycles. The lowest BCUT2D eigenvalue weighted by molar-refractivity contribution is 0.169. The van der Waals surface area contributed by atoms with E-state index in [9.17, 15) is 0 Å². The van der Waals surface area contributed by atoms with Crippen LogP contribution in [0.5, 0.6) is 0 Å². The molecule has 0 saturated carbocycles. The SMILES string of the molecule is CC=CC[Si](CCC)(OCCC)OCCC. The van der Waals surface area contributed by atoms with Crippen molar-refractivity contribution in [2.24, 2.45) is 0 Å². The van der Waals surface area contributed by atoms with E-state index in [4.69, 9.17) is 8.85 Å². The molecule has 0 aliphatic rings. The van der Waals surface area contributed by atoms with Crippen LogP contribution in [0.1, 0.15) is 47.0 Å². The number of allylic oxidation sites excluding steroid dienone is 2. The Balaban J connectivity index is 4.44. The van der Waals surface area contributed by atoms with Gasteiger partial charge in [0, 0.05) is 19.3 Å². The summed E-state index contributed by atoms with van der Waals surface area (Å²) >= 11 is 0. The molecule has 0 radical (unpaired) electrons. The van der Waals surface area contributed by atoms with Gasteiger partial charge >= 0.3 is 8.56 Å². The van der Waals surface area contributed by atoms with Crippen LogP contribution in [0.2, 0.25) is 12.1 Å². The maximum Gasteiger partial charge on any atom is 0.342 e. The van der Waals surface area contributed by atoms with Gasteiger partial charge < -0.3 is 8.85 Å². The van der Waals surface area contributed by atoms with E-state index in [-0.39, 0.29) is 0 Å². The van der Waals surface area contributed by atoms with Crippen LogP contribution in [0, 0.1) is 0 Å². The predicted molar refractivity (Wildman–Crippen MR) is 73.0 cm³/mol. The molecule has 0 aromatic rings. The Kier molecular flexibility index (Phi) is 9.98. The minimum atomic E-state index is -1.95. The zero-order valence-electron chi connectivity index (χ0n) is 11.4. The third-order valence-electron chi connectivity index (χ3n) is 2.43. The molecule has 0 atom stereocenters. The summed E-state index contributed by atoms with van der Waals surface area (Å²) in [4.78, 5) is 0. The fraction of sp³-hybridized carbons (Fsp3) is 0.846. The second kappa shape index (κ2) is 10.1. The molecule has 0 aromatic carbocycles. The van der Waals surface area contributed by atoms with E-state index < -0.39 is 8.56 Å². The molecule has 3 heteroatoms. The largest absolute Gasteiger partial charge is 0.394 e.